The van der Waals surface area contributed by atoms with E-state index in [0.29, 0.717) is 43.7 Å². The average Bonchev–Trinajstić information content (AvgIpc) is 3.05. The van der Waals surface area contributed by atoms with Crippen molar-refractivity contribution in [2.24, 2.45) is 9.98 Å². The number of aliphatic imine (C=N–C) groups is 2. The number of amidine groups is 2. The van der Waals surface area contributed by atoms with Crippen molar-refractivity contribution in [3.8, 4) is 45.4 Å². The first-order chi connectivity index (χ1) is 22.0. The number of benzene rings is 2. The Labute approximate surface area is 270 Å². The summed E-state index contributed by atoms with van der Waals surface area (Å²) < 4.78 is 65.1. The maximum absolute atomic E-state index is 13.6. The minimum atomic E-state index is -2.96. The van der Waals surface area contributed by atoms with Gasteiger partial charge >= 0.3 is 0 Å². The molecule has 2 aromatic heterocycles. The Morgan fingerprint density at radius 3 is 1.39 bits per heavy atom. The number of nitrogens with zero attached hydrogens (tertiary/aromatic N) is 6. The van der Waals surface area contributed by atoms with Crippen molar-refractivity contribution >= 4 is 34.9 Å². The molecule has 0 amide bonds. The Morgan fingerprint density at radius 2 is 1.04 bits per heavy atom. The van der Waals surface area contributed by atoms with Crippen LogP contribution >= 0.6 is 23.2 Å². The van der Waals surface area contributed by atoms with Crippen molar-refractivity contribution in [1.29, 1.82) is 0 Å². The molecule has 0 saturated heterocycles. The van der Waals surface area contributed by atoms with E-state index in [4.69, 9.17) is 32.7 Å². The standard InChI is InChI=1S/C30H24Cl2F4N8O2/c1-45-27-23(25-39-11-29(33,34)12-40-25)37-9-19(43-27)17-7-3-5-15(21(17)31)16-6-4-8-18(22(16)32)20-10-38-24(28(44-20)46-2)26-41-13-30(35,36)14-42-26/h3-10H,11-14H2,1-2H3,(H,39,40)(H,41,42). The van der Waals surface area contributed by atoms with Gasteiger partial charge in [-0.25, -0.2) is 37.5 Å². The van der Waals surface area contributed by atoms with E-state index in [9.17, 15) is 17.6 Å². The summed E-state index contributed by atoms with van der Waals surface area (Å²) in [6.07, 6.45) is 2.90. The number of nitrogens with one attached hydrogen (secondary N) is 2. The first kappa shape index (κ1) is 31.4. The molecule has 10 nitrogen and oxygen atoms in total. The highest BCUT2D eigenvalue weighted by Crippen LogP contribution is 2.42. The highest BCUT2D eigenvalue weighted by molar-refractivity contribution is 6.39. The molecule has 2 N–H and O–H groups in total. The summed E-state index contributed by atoms with van der Waals surface area (Å²) in [7, 11) is 2.78. The van der Waals surface area contributed by atoms with Crippen LogP contribution in [0.15, 0.2) is 58.8 Å². The van der Waals surface area contributed by atoms with E-state index in [0.717, 1.165) is 0 Å². The summed E-state index contributed by atoms with van der Waals surface area (Å²) in [5.41, 5.74) is 3.30. The number of hydrogen-bond acceptors (Lipinski definition) is 10. The van der Waals surface area contributed by atoms with Gasteiger partial charge in [-0.05, 0) is 0 Å². The minimum absolute atomic E-state index is 0.0783. The van der Waals surface area contributed by atoms with Crippen LogP contribution in [0.3, 0.4) is 0 Å². The van der Waals surface area contributed by atoms with Crippen molar-refractivity contribution in [3.05, 3.63) is 70.2 Å². The van der Waals surface area contributed by atoms with Crippen molar-refractivity contribution in [3.63, 3.8) is 0 Å². The molecule has 2 aliphatic rings. The maximum Gasteiger partial charge on any atom is 0.284 e. The van der Waals surface area contributed by atoms with Crippen LogP contribution in [0.2, 0.25) is 10.0 Å². The molecule has 4 heterocycles. The van der Waals surface area contributed by atoms with Gasteiger partial charge in [0, 0.05) is 22.3 Å². The molecule has 0 aliphatic carbocycles. The fourth-order valence-electron chi connectivity index (χ4n) is 4.85. The van der Waals surface area contributed by atoms with Crippen LogP contribution in [0.4, 0.5) is 17.6 Å². The van der Waals surface area contributed by atoms with Crippen LogP contribution < -0.4 is 20.1 Å². The van der Waals surface area contributed by atoms with Crippen molar-refractivity contribution in [1.82, 2.24) is 30.6 Å². The van der Waals surface area contributed by atoms with Gasteiger partial charge in [0.15, 0.2) is 23.1 Å². The Morgan fingerprint density at radius 1 is 0.652 bits per heavy atom. The van der Waals surface area contributed by atoms with Gasteiger partial charge < -0.3 is 20.1 Å². The highest BCUT2D eigenvalue weighted by atomic mass is 35.5. The number of aromatic nitrogens is 4. The normalized spacial score (nSPS) is 16.9. The molecule has 46 heavy (non-hydrogen) atoms. The molecule has 0 fully saturated rings. The van der Waals surface area contributed by atoms with Crippen molar-refractivity contribution in [2.75, 3.05) is 40.4 Å². The summed E-state index contributed by atoms with van der Waals surface area (Å²) in [4.78, 5) is 25.6. The summed E-state index contributed by atoms with van der Waals surface area (Å²) in [6, 6.07) is 10.6. The number of halogens is 6. The Hall–Kier alpha value is -4.56. The van der Waals surface area contributed by atoms with Gasteiger partial charge in [0.25, 0.3) is 11.8 Å². The predicted molar refractivity (Wildman–Crippen MR) is 166 cm³/mol. The number of methoxy groups -OCH3 is 2. The zero-order chi connectivity index (χ0) is 32.6. The van der Waals surface area contributed by atoms with Gasteiger partial charge in [-0.15, -0.1) is 0 Å². The van der Waals surface area contributed by atoms with Crippen LogP contribution in [-0.4, -0.2) is 83.9 Å². The third-order valence-electron chi connectivity index (χ3n) is 7.12. The first-order valence-corrected chi connectivity index (χ1v) is 14.5. The molecule has 0 radical (unpaired) electrons. The second-order valence-corrected chi connectivity index (χ2v) is 11.1. The molecule has 2 aromatic carbocycles. The van der Waals surface area contributed by atoms with Crippen molar-refractivity contribution in [2.45, 2.75) is 11.8 Å². The SMILES string of the molecule is COc1nc(-c2cccc(-c3cccc(-c4cnc(C5=NCC(F)(F)CN5)c(OC)n4)c3Cl)c2Cl)cnc1C1=NCC(F)(F)CN1. The molecule has 0 atom stereocenters. The summed E-state index contributed by atoms with van der Waals surface area (Å²) in [5.74, 6) is -5.44. The third kappa shape index (κ3) is 6.14. The largest absolute Gasteiger partial charge is 0.479 e. The fourth-order valence-corrected chi connectivity index (χ4v) is 5.49. The molecule has 0 unspecified atom stereocenters. The smallest absolute Gasteiger partial charge is 0.284 e. The van der Waals surface area contributed by atoms with Gasteiger partial charge in [0.1, 0.15) is 13.1 Å². The summed E-state index contributed by atoms with van der Waals surface area (Å²) >= 11 is 13.9. The van der Waals surface area contributed by atoms with E-state index in [2.05, 4.69) is 40.6 Å². The van der Waals surface area contributed by atoms with Crippen LogP contribution in [0.5, 0.6) is 11.8 Å². The Kier molecular flexibility index (Phi) is 8.42. The summed E-state index contributed by atoms with van der Waals surface area (Å²) in [6.45, 7) is -2.51. The van der Waals surface area contributed by atoms with E-state index in [-0.39, 0.29) is 34.8 Å². The second-order valence-electron chi connectivity index (χ2n) is 10.3. The van der Waals surface area contributed by atoms with E-state index >= 15 is 0 Å². The molecule has 0 spiro atoms. The quantitative estimate of drug-likeness (QED) is 0.245. The van der Waals surface area contributed by atoms with Crippen molar-refractivity contribution < 1.29 is 27.0 Å². The van der Waals surface area contributed by atoms with Crippen LogP contribution in [0, 0.1) is 0 Å². The number of rotatable bonds is 7. The lowest BCUT2D eigenvalue weighted by Crippen LogP contribution is -2.44. The molecule has 16 heteroatoms. The third-order valence-corrected chi connectivity index (χ3v) is 7.94. The van der Waals surface area contributed by atoms with Gasteiger partial charge in [-0.2, -0.15) is 0 Å². The molecule has 2 aliphatic heterocycles. The highest BCUT2D eigenvalue weighted by Gasteiger charge is 2.35. The molecule has 4 aromatic rings. The summed E-state index contributed by atoms with van der Waals surface area (Å²) in [5, 5.41) is 5.79. The average molecular weight is 675 g/mol. The lowest BCUT2D eigenvalue weighted by atomic mass is 9.98. The molecular weight excluding hydrogens is 651 g/mol. The molecule has 0 bridgehead atoms. The monoisotopic (exact) mass is 674 g/mol. The van der Waals surface area contributed by atoms with Crippen LogP contribution in [-0.2, 0) is 0 Å². The van der Waals surface area contributed by atoms with Crippen LogP contribution in [0.25, 0.3) is 33.6 Å². The number of ether oxygens (including phenoxy) is 2. The van der Waals surface area contributed by atoms with Gasteiger partial charge in [0.05, 0.1) is 61.1 Å². The fraction of sp³-hybridized carbons (Fsp3) is 0.267. The lowest BCUT2D eigenvalue weighted by Gasteiger charge is -2.22. The molecule has 238 valence electrons. The Bertz CT molecular complexity index is 1760. The predicted octanol–water partition coefficient (Wildman–Crippen LogP) is 5.56. The van der Waals surface area contributed by atoms with E-state index < -0.39 is 38.0 Å². The van der Waals surface area contributed by atoms with Gasteiger partial charge in [0.2, 0.25) is 11.8 Å². The minimum Gasteiger partial charge on any atom is -0.479 e. The lowest BCUT2D eigenvalue weighted by molar-refractivity contribution is 0.0120. The van der Waals surface area contributed by atoms with E-state index in [1.807, 2.05) is 0 Å². The zero-order valence-electron chi connectivity index (χ0n) is 24.2. The zero-order valence-corrected chi connectivity index (χ0v) is 25.7. The van der Waals surface area contributed by atoms with Gasteiger partial charge in [-0.1, -0.05) is 59.6 Å². The van der Waals surface area contributed by atoms with E-state index in [1.54, 1.807) is 36.4 Å². The van der Waals surface area contributed by atoms with Crippen LogP contribution in [0.1, 0.15) is 11.4 Å². The topological polar surface area (TPSA) is 119 Å². The Balaban J connectivity index is 1.34. The molecule has 0 saturated carbocycles. The number of hydrogen-bond donors (Lipinski definition) is 2. The number of alkyl halides is 4. The first-order valence-electron chi connectivity index (χ1n) is 13.7. The molecule has 6 rings (SSSR count). The van der Waals surface area contributed by atoms with E-state index in [1.165, 1.54) is 26.6 Å². The maximum atomic E-state index is 13.6. The molecular formula is C30H24Cl2F4N8O2. The van der Waals surface area contributed by atoms with Gasteiger partial charge in [-0.3, -0.25) is 9.98 Å². The second kappa shape index (κ2) is 12.3.